The van der Waals surface area contributed by atoms with Crippen LogP contribution in [0.15, 0.2) is 59.9 Å². The highest BCUT2D eigenvalue weighted by molar-refractivity contribution is 5.80. The second-order valence-corrected chi connectivity index (χ2v) is 5.77. The average molecular weight is 340 g/mol. The largest absolute Gasteiger partial charge is 0.453 e. The minimum absolute atomic E-state index is 0.177. The smallest absolute Gasteiger partial charge is 0.191 e. The Hall–Kier alpha value is -2.89. The summed E-state index contributed by atoms with van der Waals surface area (Å²) in [7, 11) is 1.73. The van der Waals surface area contributed by atoms with Gasteiger partial charge in [-0.1, -0.05) is 18.2 Å². The van der Waals surface area contributed by atoms with Crippen LogP contribution in [-0.2, 0) is 6.54 Å². The first-order chi connectivity index (χ1) is 12.2. The van der Waals surface area contributed by atoms with E-state index in [1.54, 1.807) is 37.6 Å². The number of halogens is 1. The van der Waals surface area contributed by atoms with Gasteiger partial charge >= 0.3 is 0 Å². The van der Waals surface area contributed by atoms with E-state index in [0.717, 1.165) is 18.4 Å². The van der Waals surface area contributed by atoms with Gasteiger partial charge in [-0.05, 0) is 42.7 Å². The molecule has 0 saturated heterocycles. The summed E-state index contributed by atoms with van der Waals surface area (Å²) in [5, 5.41) is 6.55. The molecule has 0 unspecified atom stereocenters. The van der Waals surface area contributed by atoms with Crippen LogP contribution in [0, 0.1) is 5.82 Å². The van der Waals surface area contributed by atoms with Gasteiger partial charge in [-0.3, -0.25) is 9.98 Å². The lowest BCUT2D eigenvalue weighted by molar-refractivity contribution is 0.440. The number of benzene rings is 1. The Balaban J connectivity index is 1.57. The van der Waals surface area contributed by atoms with Gasteiger partial charge in [-0.2, -0.15) is 0 Å². The van der Waals surface area contributed by atoms with Crippen molar-refractivity contribution in [2.75, 3.05) is 7.05 Å². The molecule has 0 saturated carbocycles. The Labute approximate surface area is 146 Å². The van der Waals surface area contributed by atoms with Crippen molar-refractivity contribution in [2.45, 2.75) is 25.4 Å². The van der Waals surface area contributed by atoms with E-state index in [1.165, 1.54) is 6.07 Å². The monoisotopic (exact) mass is 340 g/mol. The summed E-state index contributed by atoms with van der Waals surface area (Å²) >= 11 is 0. The molecule has 6 heteroatoms. The molecule has 1 heterocycles. The third-order valence-corrected chi connectivity index (χ3v) is 3.89. The van der Waals surface area contributed by atoms with E-state index in [-0.39, 0.29) is 5.75 Å². The van der Waals surface area contributed by atoms with Gasteiger partial charge in [0.2, 0.25) is 0 Å². The lowest BCUT2D eigenvalue weighted by Gasteiger charge is -2.17. The fraction of sp³-hybridized carbons (Fsp3) is 0.263. The Morgan fingerprint density at radius 2 is 2.16 bits per heavy atom. The maximum atomic E-state index is 14.2. The minimum atomic E-state index is -0.411. The van der Waals surface area contributed by atoms with Crippen molar-refractivity contribution in [3.05, 3.63) is 66.3 Å². The lowest BCUT2D eigenvalue weighted by Crippen LogP contribution is -2.42. The van der Waals surface area contributed by atoms with Crippen LogP contribution in [0.1, 0.15) is 18.4 Å². The summed E-state index contributed by atoms with van der Waals surface area (Å²) in [5.74, 6) is 0.981. The molecular formula is C19H21FN4O. The van der Waals surface area contributed by atoms with E-state index in [4.69, 9.17) is 4.74 Å². The number of pyridine rings is 1. The maximum Gasteiger partial charge on any atom is 0.191 e. The van der Waals surface area contributed by atoms with Gasteiger partial charge in [-0.15, -0.1) is 0 Å². The Kier molecular flexibility index (Phi) is 5.61. The van der Waals surface area contributed by atoms with Crippen LogP contribution in [0.2, 0.25) is 0 Å². The van der Waals surface area contributed by atoms with Gasteiger partial charge < -0.3 is 15.4 Å². The second kappa shape index (κ2) is 8.28. The maximum absolute atomic E-state index is 14.2. The molecule has 5 nitrogen and oxygen atoms in total. The van der Waals surface area contributed by atoms with Crippen molar-refractivity contribution >= 4 is 5.96 Å². The number of rotatable bonds is 5. The minimum Gasteiger partial charge on any atom is -0.453 e. The molecule has 25 heavy (non-hydrogen) atoms. The van der Waals surface area contributed by atoms with Crippen molar-refractivity contribution in [1.82, 2.24) is 15.6 Å². The van der Waals surface area contributed by atoms with Gasteiger partial charge in [0.1, 0.15) is 5.75 Å². The average Bonchev–Trinajstić information content (AvgIpc) is 3.14. The molecule has 1 aromatic carbocycles. The number of nitrogens with zero attached hydrogens (tertiary/aromatic N) is 2. The zero-order valence-corrected chi connectivity index (χ0v) is 14.1. The summed E-state index contributed by atoms with van der Waals surface area (Å²) in [4.78, 5) is 8.15. The molecule has 0 fully saturated rings. The molecule has 0 spiro atoms. The number of ether oxygens (including phenoxy) is 1. The molecule has 3 rings (SSSR count). The molecule has 0 bridgehead atoms. The third kappa shape index (κ3) is 4.79. The van der Waals surface area contributed by atoms with Crippen LogP contribution in [0.4, 0.5) is 4.39 Å². The number of hydrogen-bond acceptors (Lipinski definition) is 3. The first-order valence-corrected chi connectivity index (χ1v) is 8.23. The molecule has 130 valence electrons. The molecule has 0 atom stereocenters. The van der Waals surface area contributed by atoms with E-state index >= 15 is 0 Å². The fourth-order valence-electron chi connectivity index (χ4n) is 2.58. The molecule has 2 aromatic rings. The molecule has 0 aliphatic heterocycles. The van der Waals surface area contributed by atoms with E-state index in [9.17, 15) is 4.39 Å². The van der Waals surface area contributed by atoms with Gasteiger partial charge in [0, 0.05) is 25.8 Å². The number of nitrogens with one attached hydrogen (secondary N) is 2. The van der Waals surface area contributed by atoms with E-state index in [2.05, 4.69) is 32.8 Å². The molecule has 1 aliphatic rings. The summed E-state index contributed by atoms with van der Waals surface area (Å²) in [5.41, 5.74) is 0.809. The van der Waals surface area contributed by atoms with Crippen LogP contribution in [-0.4, -0.2) is 24.0 Å². The Morgan fingerprint density at radius 3 is 2.84 bits per heavy atom. The zero-order valence-electron chi connectivity index (χ0n) is 14.1. The molecular weight excluding hydrogens is 319 g/mol. The molecule has 1 aliphatic carbocycles. The second-order valence-electron chi connectivity index (χ2n) is 5.77. The van der Waals surface area contributed by atoms with Crippen LogP contribution in [0.3, 0.4) is 0 Å². The molecule has 0 amide bonds. The van der Waals surface area contributed by atoms with Gasteiger partial charge in [0.15, 0.2) is 17.5 Å². The predicted octanol–water partition coefficient (Wildman–Crippen LogP) is 3.40. The highest BCUT2D eigenvalue weighted by Crippen LogP contribution is 2.24. The highest BCUT2D eigenvalue weighted by Gasteiger charge is 2.12. The van der Waals surface area contributed by atoms with Crippen LogP contribution in [0.5, 0.6) is 11.5 Å². The van der Waals surface area contributed by atoms with Crippen molar-refractivity contribution in [2.24, 2.45) is 4.99 Å². The zero-order chi connectivity index (χ0) is 17.5. The first kappa shape index (κ1) is 17.0. The summed E-state index contributed by atoms with van der Waals surface area (Å²) in [6, 6.07) is 8.75. The third-order valence-electron chi connectivity index (χ3n) is 3.89. The van der Waals surface area contributed by atoms with E-state index < -0.39 is 5.82 Å². The van der Waals surface area contributed by atoms with E-state index in [1.807, 2.05) is 6.07 Å². The number of aliphatic imine (C=N–C) groups is 1. The number of aromatic nitrogens is 1. The van der Waals surface area contributed by atoms with Crippen molar-refractivity contribution < 1.29 is 9.13 Å². The SMILES string of the molecule is CN=C(NCc1ccc(Oc2cccnc2)c(F)c1)NC1CC=CC1. The van der Waals surface area contributed by atoms with Crippen LogP contribution < -0.4 is 15.4 Å². The van der Waals surface area contributed by atoms with Gasteiger partial charge in [0.25, 0.3) is 0 Å². The fourth-order valence-corrected chi connectivity index (χ4v) is 2.58. The topological polar surface area (TPSA) is 58.5 Å². The van der Waals surface area contributed by atoms with Crippen molar-refractivity contribution in [3.8, 4) is 11.5 Å². The van der Waals surface area contributed by atoms with Gasteiger partial charge in [0.05, 0.1) is 6.20 Å². The first-order valence-electron chi connectivity index (χ1n) is 8.23. The number of guanidine groups is 1. The van der Waals surface area contributed by atoms with Gasteiger partial charge in [-0.25, -0.2) is 4.39 Å². The number of hydrogen-bond donors (Lipinski definition) is 2. The Bertz CT molecular complexity index is 753. The van der Waals surface area contributed by atoms with Crippen molar-refractivity contribution in [3.63, 3.8) is 0 Å². The van der Waals surface area contributed by atoms with Crippen LogP contribution >= 0.6 is 0 Å². The normalized spacial score (nSPS) is 14.6. The lowest BCUT2D eigenvalue weighted by atomic mass is 10.2. The predicted molar refractivity (Wildman–Crippen MR) is 96.2 cm³/mol. The Morgan fingerprint density at radius 1 is 1.32 bits per heavy atom. The van der Waals surface area contributed by atoms with E-state index in [0.29, 0.717) is 24.3 Å². The quantitative estimate of drug-likeness (QED) is 0.498. The summed E-state index contributed by atoms with van der Waals surface area (Å²) in [6.45, 7) is 0.476. The summed E-state index contributed by atoms with van der Waals surface area (Å²) in [6.07, 6.45) is 9.48. The molecule has 1 aromatic heterocycles. The highest BCUT2D eigenvalue weighted by atomic mass is 19.1. The molecule has 0 radical (unpaired) electrons. The van der Waals surface area contributed by atoms with Crippen molar-refractivity contribution in [1.29, 1.82) is 0 Å². The summed E-state index contributed by atoms with van der Waals surface area (Å²) < 4.78 is 19.7. The standard InChI is InChI=1S/C19H21FN4O/c1-21-19(24-15-5-2-3-6-15)23-12-14-8-9-18(17(20)11-14)25-16-7-4-10-22-13-16/h2-4,7-11,13,15H,5-6,12H2,1H3,(H2,21,23,24). The van der Waals surface area contributed by atoms with Crippen LogP contribution in [0.25, 0.3) is 0 Å². The molecule has 2 N–H and O–H groups in total.